The van der Waals surface area contributed by atoms with Crippen LogP contribution < -0.4 is 5.73 Å². The van der Waals surface area contributed by atoms with Crippen LogP contribution in [0.3, 0.4) is 0 Å². The zero-order valence-corrected chi connectivity index (χ0v) is 12.8. The summed E-state index contributed by atoms with van der Waals surface area (Å²) in [5, 5.41) is 13.8. The average molecular weight is 310 g/mol. The zero-order valence-electron chi connectivity index (χ0n) is 12.0. The van der Waals surface area contributed by atoms with Gasteiger partial charge in [0.1, 0.15) is 6.10 Å². The minimum atomic E-state index is -0.919. The number of hydrogen-bond acceptors (Lipinski definition) is 5. The van der Waals surface area contributed by atoms with Crippen molar-refractivity contribution < 1.29 is 9.63 Å². The molecule has 2 aromatic rings. The van der Waals surface area contributed by atoms with E-state index in [0.717, 1.165) is 5.56 Å². The Balaban J connectivity index is 0.00000220. The molecule has 3 N–H and O–H groups in total. The number of benzene rings is 1. The summed E-state index contributed by atoms with van der Waals surface area (Å²) in [6.07, 6.45) is 2.66. The maximum atomic E-state index is 10.0. The topological polar surface area (TPSA) is 85.2 Å². The van der Waals surface area contributed by atoms with Crippen molar-refractivity contribution in [2.24, 2.45) is 11.7 Å². The normalized spacial score (nSPS) is 14.1. The molecule has 1 heterocycles. The lowest BCUT2D eigenvalue weighted by atomic mass is 9.99. The van der Waals surface area contributed by atoms with Crippen LogP contribution in [0.4, 0.5) is 0 Å². The number of rotatable bonds is 5. The zero-order chi connectivity index (χ0) is 14.5. The molecule has 1 aromatic carbocycles. The molecule has 5 nitrogen and oxygen atoms in total. The largest absolute Gasteiger partial charge is 0.383 e. The fourth-order valence-electron chi connectivity index (χ4n) is 1.70. The summed E-state index contributed by atoms with van der Waals surface area (Å²) in [5.41, 5.74) is 6.91. The molecule has 0 aliphatic carbocycles. The van der Waals surface area contributed by atoms with Crippen molar-refractivity contribution in [3.8, 4) is 0 Å². The Morgan fingerprint density at radius 2 is 1.86 bits per heavy atom. The van der Waals surface area contributed by atoms with Crippen LogP contribution in [-0.4, -0.2) is 21.3 Å². The van der Waals surface area contributed by atoms with Crippen molar-refractivity contribution in [3.05, 3.63) is 47.6 Å². The van der Waals surface area contributed by atoms with Gasteiger partial charge < -0.3 is 15.4 Å². The average Bonchev–Trinajstić information content (AvgIpc) is 2.93. The third kappa shape index (κ3) is 4.67. The van der Waals surface area contributed by atoms with Crippen LogP contribution >= 0.6 is 12.4 Å². The molecule has 0 aliphatic rings. The molecule has 0 saturated carbocycles. The van der Waals surface area contributed by atoms with Crippen molar-refractivity contribution in [3.63, 3.8) is 0 Å². The van der Waals surface area contributed by atoms with E-state index in [0.29, 0.717) is 5.89 Å². The van der Waals surface area contributed by atoms with E-state index in [2.05, 4.69) is 10.1 Å². The lowest BCUT2D eigenvalue weighted by Gasteiger charge is -2.18. The van der Waals surface area contributed by atoms with E-state index in [1.54, 1.807) is 6.08 Å². The molecule has 6 heteroatoms. The molecule has 0 bridgehead atoms. The highest BCUT2D eigenvalue weighted by Crippen LogP contribution is 2.18. The van der Waals surface area contributed by atoms with Crippen molar-refractivity contribution in [2.75, 3.05) is 0 Å². The summed E-state index contributed by atoms with van der Waals surface area (Å²) >= 11 is 0. The number of nitrogens with two attached hydrogens (primary N) is 1. The Labute approximate surface area is 130 Å². The summed E-state index contributed by atoms with van der Waals surface area (Å²) in [6.45, 7) is 3.87. The molecule has 0 saturated heterocycles. The molecule has 0 amide bonds. The Morgan fingerprint density at radius 3 is 2.48 bits per heavy atom. The second-order valence-corrected chi connectivity index (χ2v) is 5.00. The van der Waals surface area contributed by atoms with Crippen molar-refractivity contribution in [1.29, 1.82) is 0 Å². The summed E-state index contributed by atoms with van der Waals surface area (Å²) in [6, 6.07) is 9.37. The molecule has 1 aromatic heterocycles. The number of aliphatic hydroxyl groups excluding tert-OH is 1. The van der Waals surface area contributed by atoms with E-state index in [-0.39, 0.29) is 24.1 Å². The number of halogens is 1. The van der Waals surface area contributed by atoms with Gasteiger partial charge in [-0.05, 0) is 17.6 Å². The first-order valence-corrected chi connectivity index (χ1v) is 6.58. The van der Waals surface area contributed by atoms with E-state index >= 15 is 0 Å². The molecule has 2 rings (SSSR count). The van der Waals surface area contributed by atoms with Gasteiger partial charge in [0.2, 0.25) is 5.82 Å². The molecule has 1 unspecified atom stereocenters. The first kappa shape index (κ1) is 17.4. The molecule has 0 radical (unpaired) electrons. The molecule has 0 fully saturated rings. The van der Waals surface area contributed by atoms with Crippen LogP contribution in [0, 0.1) is 5.92 Å². The molecule has 114 valence electrons. The number of hydrogen-bond donors (Lipinski definition) is 2. The van der Waals surface area contributed by atoms with Gasteiger partial charge in [-0.2, -0.15) is 4.98 Å². The SMILES string of the molecule is CC(C)[C@H](N)C(O)c1noc(C=Cc2ccccc2)n1.Cl. The fraction of sp³-hybridized carbons (Fsp3) is 0.333. The number of aromatic nitrogens is 2. The Morgan fingerprint density at radius 1 is 1.19 bits per heavy atom. The standard InChI is InChI=1S/C15H19N3O2.ClH/c1-10(2)13(16)14(19)15-17-12(20-18-15)9-8-11-6-4-3-5-7-11;/h3-10,13-14,19H,16H2,1-2H3;1H/t13-,14?;/m0./s1. The van der Waals surface area contributed by atoms with Gasteiger partial charge >= 0.3 is 0 Å². The minimum Gasteiger partial charge on any atom is -0.383 e. The van der Waals surface area contributed by atoms with Crippen LogP contribution in [0.1, 0.15) is 37.2 Å². The highest BCUT2D eigenvalue weighted by molar-refractivity contribution is 5.85. The molecular formula is C15H20ClN3O2. The highest BCUT2D eigenvalue weighted by Gasteiger charge is 2.24. The Hall–Kier alpha value is -1.69. The summed E-state index contributed by atoms with van der Waals surface area (Å²) in [5.74, 6) is 0.699. The predicted molar refractivity (Wildman–Crippen MR) is 84.7 cm³/mol. The van der Waals surface area contributed by atoms with Crippen LogP contribution in [0.2, 0.25) is 0 Å². The monoisotopic (exact) mass is 309 g/mol. The Kier molecular flexibility index (Phi) is 6.55. The number of aliphatic hydroxyl groups is 1. The summed E-state index contributed by atoms with van der Waals surface area (Å²) in [7, 11) is 0. The smallest absolute Gasteiger partial charge is 0.250 e. The third-order valence-electron chi connectivity index (χ3n) is 3.07. The van der Waals surface area contributed by atoms with Gasteiger partial charge in [0.25, 0.3) is 5.89 Å². The molecule has 0 aliphatic heterocycles. The number of nitrogens with zero attached hydrogens (tertiary/aromatic N) is 2. The van der Waals surface area contributed by atoms with Gasteiger partial charge in [-0.25, -0.2) is 0 Å². The van der Waals surface area contributed by atoms with E-state index < -0.39 is 12.1 Å². The Bertz CT molecular complexity index is 569. The second-order valence-electron chi connectivity index (χ2n) is 5.00. The maximum absolute atomic E-state index is 10.0. The van der Waals surface area contributed by atoms with Gasteiger partial charge in [-0.15, -0.1) is 12.4 Å². The van der Waals surface area contributed by atoms with E-state index in [4.69, 9.17) is 10.3 Å². The molecular weight excluding hydrogens is 290 g/mol. The molecule has 0 spiro atoms. The highest BCUT2D eigenvalue weighted by atomic mass is 35.5. The van der Waals surface area contributed by atoms with Crippen molar-refractivity contribution >= 4 is 24.6 Å². The van der Waals surface area contributed by atoms with Gasteiger partial charge in [-0.3, -0.25) is 0 Å². The van der Waals surface area contributed by atoms with E-state index in [1.807, 2.05) is 50.3 Å². The fourth-order valence-corrected chi connectivity index (χ4v) is 1.70. The molecule has 21 heavy (non-hydrogen) atoms. The maximum Gasteiger partial charge on any atom is 0.250 e. The minimum absolute atomic E-state index is 0. The van der Waals surface area contributed by atoms with Crippen molar-refractivity contribution in [1.82, 2.24) is 10.1 Å². The van der Waals surface area contributed by atoms with Crippen LogP contribution in [0.15, 0.2) is 34.9 Å². The van der Waals surface area contributed by atoms with Gasteiger partial charge in [0.05, 0.1) is 0 Å². The van der Waals surface area contributed by atoms with Crippen LogP contribution in [0.25, 0.3) is 12.2 Å². The predicted octanol–water partition coefficient (Wildman–Crippen LogP) is 2.68. The lowest BCUT2D eigenvalue weighted by Crippen LogP contribution is -2.34. The van der Waals surface area contributed by atoms with Crippen LogP contribution in [0.5, 0.6) is 0 Å². The first-order valence-electron chi connectivity index (χ1n) is 6.58. The second kappa shape index (κ2) is 7.93. The lowest BCUT2D eigenvalue weighted by molar-refractivity contribution is 0.114. The summed E-state index contributed by atoms with van der Waals surface area (Å²) < 4.78 is 5.07. The van der Waals surface area contributed by atoms with Gasteiger partial charge in [0.15, 0.2) is 0 Å². The summed E-state index contributed by atoms with van der Waals surface area (Å²) in [4.78, 5) is 4.13. The van der Waals surface area contributed by atoms with Gasteiger partial charge in [0, 0.05) is 12.1 Å². The van der Waals surface area contributed by atoms with Crippen LogP contribution in [-0.2, 0) is 0 Å². The first-order chi connectivity index (χ1) is 9.58. The van der Waals surface area contributed by atoms with Gasteiger partial charge in [-0.1, -0.05) is 49.3 Å². The van der Waals surface area contributed by atoms with E-state index in [1.165, 1.54) is 0 Å². The van der Waals surface area contributed by atoms with Crippen molar-refractivity contribution in [2.45, 2.75) is 26.0 Å². The third-order valence-corrected chi connectivity index (χ3v) is 3.07. The molecule has 2 atom stereocenters. The quantitative estimate of drug-likeness (QED) is 0.887. The van der Waals surface area contributed by atoms with E-state index in [9.17, 15) is 5.11 Å².